The standard InChI is InChI=1S/C10H22N4O2/c1-3-14(4-2)6-5-12-10(16)8-13-9(15)7-11/h3-8,11H2,1-2H3,(H,12,16)(H,13,15). The molecule has 94 valence electrons. The van der Waals surface area contributed by atoms with Crippen LogP contribution in [0.3, 0.4) is 0 Å². The van der Waals surface area contributed by atoms with Gasteiger partial charge in [-0.1, -0.05) is 13.8 Å². The van der Waals surface area contributed by atoms with Gasteiger partial charge in [0.25, 0.3) is 0 Å². The monoisotopic (exact) mass is 230 g/mol. The Morgan fingerprint density at radius 2 is 1.75 bits per heavy atom. The van der Waals surface area contributed by atoms with Gasteiger partial charge in [0.1, 0.15) is 0 Å². The van der Waals surface area contributed by atoms with E-state index in [4.69, 9.17) is 5.73 Å². The lowest BCUT2D eigenvalue weighted by Crippen LogP contribution is -2.41. The first-order valence-electron chi connectivity index (χ1n) is 5.59. The molecule has 0 unspecified atom stereocenters. The van der Waals surface area contributed by atoms with E-state index in [1.165, 1.54) is 0 Å². The summed E-state index contributed by atoms with van der Waals surface area (Å²) in [6, 6.07) is 0. The average molecular weight is 230 g/mol. The number of nitrogens with zero attached hydrogens (tertiary/aromatic N) is 1. The van der Waals surface area contributed by atoms with Gasteiger partial charge in [0.15, 0.2) is 0 Å². The fraction of sp³-hybridized carbons (Fsp3) is 0.800. The third-order valence-corrected chi connectivity index (χ3v) is 2.28. The lowest BCUT2D eigenvalue weighted by molar-refractivity contribution is -0.125. The maximum absolute atomic E-state index is 11.2. The molecule has 0 aromatic rings. The van der Waals surface area contributed by atoms with E-state index in [9.17, 15) is 9.59 Å². The van der Waals surface area contributed by atoms with Crippen molar-refractivity contribution in [3.05, 3.63) is 0 Å². The molecular weight excluding hydrogens is 208 g/mol. The summed E-state index contributed by atoms with van der Waals surface area (Å²) in [5.74, 6) is -0.507. The van der Waals surface area contributed by atoms with Crippen molar-refractivity contribution in [2.24, 2.45) is 5.73 Å². The SMILES string of the molecule is CCN(CC)CCNC(=O)CNC(=O)CN. The van der Waals surface area contributed by atoms with Crippen LogP contribution in [0.5, 0.6) is 0 Å². The minimum Gasteiger partial charge on any atom is -0.353 e. The Morgan fingerprint density at radius 3 is 2.25 bits per heavy atom. The maximum Gasteiger partial charge on any atom is 0.239 e. The molecule has 16 heavy (non-hydrogen) atoms. The van der Waals surface area contributed by atoms with Gasteiger partial charge in [-0.25, -0.2) is 0 Å². The number of carbonyl (C=O) groups excluding carboxylic acids is 2. The predicted octanol–water partition coefficient (Wildman–Crippen LogP) is -1.48. The number of hydrogen-bond acceptors (Lipinski definition) is 4. The second-order valence-electron chi connectivity index (χ2n) is 3.36. The summed E-state index contributed by atoms with van der Waals surface area (Å²) in [4.78, 5) is 24.2. The Morgan fingerprint density at radius 1 is 1.12 bits per heavy atom. The quantitative estimate of drug-likeness (QED) is 0.474. The van der Waals surface area contributed by atoms with E-state index < -0.39 is 0 Å². The van der Waals surface area contributed by atoms with E-state index in [1.54, 1.807) is 0 Å². The van der Waals surface area contributed by atoms with Crippen LogP contribution in [-0.2, 0) is 9.59 Å². The number of hydrogen-bond donors (Lipinski definition) is 3. The van der Waals surface area contributed by atoms with Crippen LogP contribution in [0.1, 0.15) is 13.8 Å². The molecule has 0 aliphatic rings. The Bertz CT molecular complexity index is 217. The van der Waals surface area contributed by atoms with E-state index in [-0.39, 0.29) is 24.9 Å². The number of nitrogens with one attached hydrogen (secondary N) is 2. The summed E-state index contributed by atoms with van der Waals surface area (Å²) in [6.07, 6.45) is 0. The number of amides is 2. The van der Waals surface area contributed by atoms with Crippen LogP contribution in [-0.4, -0.2) is 56.0 Å². The highest BCUT2D eigenvalue weighted by molar-refractivity contribution is 5.85. The zero-order valence-electron chi connectivity index (χ0n) is 10.1. The van der Waals surface area contributed by atoms with Crippen molar-refractivity contribution < 1.29 is 9.59 Å². The molecule has 0 aromatic heterocycles. The van der Waals surface area contributed by atoms with Gasteiger partial charge in [-0.3, -0.25) is 9.59 Å². The second-order valence-corrected chi connectivity index (χ2v) is 3.36. The molecule has 4 N–H and O–H groups in total. The molecule has 2 amide bonds. The smallest absolute Gasteiger partial charge is 0.239 e. The Kier molecular flexibility index (Phi) is 8.46. The molecule has 0 rings (SSSR count). The Labute approximate surface area is 96.5 Å². The first-order chi connectivity index (χ1) is 7.63. The number of rotatable bonds is 8. The molecule has 0 bridgehead atoms. The highest BCUT2D eigenvalue weighted by Crippen LogP contribution is 1.83. The van der Waals surface area contributed by atoms with Crippen molar-refractivity contribution in [1.29, 1.82) is 0 Å². The summed E-state index contributed by atoms with van der Waals surface area (Å²) in [5.41, 5.74) is 5.08. The molecule has 0 aliphatic carbocycles. The molecule has 0 saturated carbocycles. The predicted molar refractivity (Wildman–Crippen MR) is 62.9 cm³/mol. The van der Waals surface area contributed by atoms with E-state index in [1.807, 2.05) is 0 Å². The van der Waals surface area contributed by atoms with Crippen molar-refractivity contribution in [1.82, 2.24) is 15.5 Å². The fourth-order valence-corrected chi connectivity index (χ4v) is 1.21. The molecule has 0 aromatic carbocycles. The maximum atomic E-state index is 11.2. The number of nitrogens with two attached hydrogens (primary N) is 1. The largest absolute Gasteiger partial charge is 0.353 e. The van der Waals surface area contributed by atoms with Crippen LogP contribution in [0.2, 0.25) is 0 Å². The minimum atomic E-state index is -0.320. The molecule has 6 heteroatoms. The molecule has 0 radical (unpaired) electrons. The van der Waals surface area contributed by atoms with Crippen LogP contribution in [0.15, 0.2) is 0 Å². The van der Waals surface area contributed by atoms with Gasteiger partial charge in [0.05, 0.1) is 13.1 Å². The molecule has 0 aliphatic heterocycles. The third kappa shape index (κ3) is 7.19. The summed E-state index contributed by atoms with van der Waals surface area (Å²) >= 11 is 0. The highest BCUT2D eigenvalue weighted by atomic mass is 16.2. The van der Waals surface area contributed by atoms with Crippen molar-refractivity contribution in [2.75, 3.05) is 39.3 Å². The van der Waals surface area contributed by atoms with Crippen molar-refractivity contribution in [3.63, 3.8) is 0 Å². The van der Waals surface area contributed by atoms with Crippen LogP contribution in [0, 0.1) is 0 Å². The van der Waals surface area contributed by atoms with Gasteiger partial charge in [-0.15, -0.1) is 0 Å². The fourth-order valence-electron chi connectivity index (χ4n) is 1.21. The van der Waals surface area contributed by atoms with Crippen LogP contribution in [0.25, 0.3) is 0 Å². The van der Waals surface area contributed by atoms with Gasteiger partial charge in [0, 0.05) is 13.1 Å². The lowest BCUT2D eigenvalue weighted by atomic mass is 10.4. The van der Waals surface area contributed by atoms with E-state index in [2.05, 4.69) is 29.4 Å². The summed E-state index contributed by atoms with van der Waals surface area (Å²) in [7, 11) is 0. The highest BCUT2D eigenvalue weighted by Gasteiger charge is 2.04. The molecule has 0 saturated heterocycles. The molecule has 6 nitrogen and oxygen atoms in total. The Balaban J connectivity index is 3.54. The van der Waals surface area contributed by atoms with Gasteiger partial charge in [-0.05, 0) is 13.1 Å². The molecular formula is C10H22N4O2. The normalized spacial score (nSPS) is 10.2. The third-order valence-electron chi connectivity index (χ3n) is 2.28. The summed E-state index contributed by atoms with van der Waals surface area (Å²) < 4.78 is 0. The average Bonchev–Trinajstić information content (AvgIpc) is 2.31. The van der Waals surface area contributed by atoms with Crippen LogP contribution >= 0.6 is 0 Å². The van der Waals surface area contributed by atoms with Crippen LogP contribution in [0.4, 0.5) is 0 Å². The van der Waals surface area contributed by atoms with E-state index in [0.29, 0.717) is 6.54 Å². The van der Waals surface area contributed by atoms with E-state index >= 15 is 0 Å². The lowest BCUT2D eigenvalue weighted by Gasteiger charge is -2.17. The number of likely N-dealkylation sites (N-methyl/N-ethyl adjacent to an activating group) is 1. The summed E-state index contributed by atoms with van der Waals surface area (Å²) in [5, 5.41) is 5.13. The second kappa shape index (κ2) is 9.11. The molecule has 0 spiro atoms. The van der Waals surface area contributed by atoms with Gasteiger partial charge in [-0.2, -0.15) is 0 Å². The van der Waals surface area contributed by atoms with Gasteiger partial charge in [0.2, 0.25) is 11.8 Å². The number of carbonyl (C=O) groups is 2. The zero-order chi connectivity index (χ0) is 12.4. The first-order valence-corrected chi connectivity index (χ1v) is 5.59. The molecule has 0 atom stereocenters. The van der Waals surface area contributed by atoms with Gasteiger partial charge < -0.3 is 21.3 Å². The van der Waals surface area contributed by atoms with Crippen molar-refractivity contribution in [3.8, 4) is 0 Å². The van der Waals surface area contributed by atoms with Crippen molar-refractivity contribution in [2.45, 2.75) is 13.8 Å². The van der Waals surface area contributed by atoms with Crippen molar-refractivity contribution >= 4 is 11.8 Å². The molecule has 0 fully saturated rings. The summed E-state index contributed by atoms with van der Waals surface area (Å²) in [6.45, 7) is 7.41. The topological polar surface area (TPSA) is 87.5 Å². The zero-order valence-corrected chi connectivity index (χ0v) is 10.1. The minimum absolute atomic E-state index is 0.00567. The van der Waals surface area contributed by atoms with E-state index in [0.717, 1.165) is 19.6 Å². The van der Waals surface area contributed by atoms with Gasteiger partial charge >= 0.3 is 0 Å². The Hall–Kier alpha value is -1.14. The van der Waals surface area contributed by atoms with Crippen LogP contribution < -0.4 is 16.4 Å². The molecule has 0 heterocycles. The first kappa shape index (κ1) is 14.9.